The van der Waals surface area contributed by atoms with Crippen LogP contribution < -0.4 is 4.74 Å². The Kier molecular flexibility index (Phi) is 6.62. The molecular weight excluding hydrogens is 280 g/mol. The third kappa shape index (κ3) is 5.81. The van der Waals surface area contributed by atoms with Gasteiger partial charge in [0.1, 0.15) is 5.75 Å². The summed E-state index contributed by atoms with van der Waals surface area (Å²) >= 11 is 6.11. The quantitative estimate of drug-likeness (QED) is 0.478. The molecule has 1 atom stereocenters. The second-order valence-corrected chi connectivity index (χ2v) is 5.83. The molecular formula is C19H23ClO. The van der Waals surface area contributed by atoms with E-state index in [2.05, 4.69) is 31.2 Å². The molecule has 2 heteroatoms. The van der Waals surface area contributed by atoms with Gasteiger partial charge in [0.2, 0.25) is 0 Å². The molecule has 0 aliphatic carbocycles. The van der Waals surface area contributed by atoms with Gasteiger partial charge < -0.3 is 4.74 Å². The fourth-order valence-electron chi connectivity index (χ4n) is 2.48. The molecule has 1 nitrogen and oxygen atoms in total. The van der Waals surface area contributed by atoms with Crippen molar-refractivity contribution in [1.82, 2.24) is 0 Å². The van der Waals surface area contributed by atoms with Gasteiger partial charge in [-0.25, -0.2) is 0 Å². The van der Waals surface area contributed by atoms with Crippen LogP contribution in [0.2, 0.25) is 0 Å². The number of rotatable bonds is 8. The van der Waals surface area contributed by atoms with Gasteiger partial charge in [-0.15, -0.1) is 11.6 Å². The molecule has 0 bridgehead atoms. The molecule has 2 aromatic carbocycles. The van der Waals surface area contributed by atoms with Crippen molar-refractivity contribution in [3.05, 3.63) is 65.7 Å². The van der Waals surface area contributed by atoms with Crippen molar-refractivity contribution in [2.75, 3.05) is 12.5 Å². The number of benzene rings is 2. The van der Waals surface area contributed by atoms with Crippen molar-refractivity contribution in [2.24, 2.45) is 5.92 Å². The Balaban J connectivity index is 1.72. The zero-order valence-corrected chi connectivity index (χ0v) is 13.4. The highest BCUT2D eigenvalue weighted by Gasteiger charge is 2.09. The SMILES string of the molecule is Cc1cccc(CC(CCl)CCCOc2ccccc2)c1. The van der Waals surface area contributed by atoms with Gasteiger partial charge in [-0.1, -0.05) is 48.0 Å². The van der Waals surface area contributed by atoms with Crippen LogP contribution in [0.25, 0.3) is 0 Å². The lowest BCUT2D eigenvalue weighted by Gasteiger charge is -2.14. The summed E-state index contributed by atoms with van der Waals surface area (Å²) in [7, 11) is 0. The largest absolute Gasteiger partial charge is 0.494 e. The van der Waals surface area contributed by atoms with Crippen LogP contribution in [0.5, 0.6) is 5.75 Å². The Bertz CT molecular complexity index is 524. The molecule has 0 fully saturated rings. The molecule has 21 heavy (non-hydrogen) atoms. The van der Waals surface area contributed by atoms with Crippen LogP contribution in [0.4, 0.5) is 0 Å². The minimum Gasteiger partial charge on any atom is -0.494 e. The summed E-state index contributed by atoms with van der Waals surface area (Å²) < 4.78 is 5.73. The lowest BCUT2D eigenvalue weighted by molar-refractivity contribution is 0.295. The highest BCUT2D eigenvalue weighted by atomic mass is 35.5. The van der Waals surface area contributed by atoms with Crippen LogP contribution in [0.1, 0.15) is 24.0 Å². The number of ether oxygens (including phenoxy) is 1. The molecule has 112 valence electrons. The van der Waals surface area contributed by atoms with Gasteiger partial charge >= 0.3 is 0 Å². The summed E-state index contributed by atoms with van der Waals surface area (Å²) in [5.74, 6) is 2.17. The lowest BCUT2D eigenvalue weighted by atomic mass is 9.96. The molecule has 0 saturated heterocycles. The number of hydrogen-bond donors (Lipinski definition) is 0. The zero-order valence-electron chi connectivity index (χ0n) is 12.6. The van der Waals surface area contributed by atoms with Crippen LogP contribution in [-0.2, 0) is 6.42 Å². The maximum atomic E-state index is 6.11. The van der Waals surface area contributed by atoms with E-state index in [9.17, 15) is 0 Å². The first-order chi connectivity index (χ1) is 10.3. The van der Waals surface area contributed by atoms with Gasteiger partial charge in [-0.05, 0) is 49.8 Å². The highest BCUT2D eigenvalue weighted by molar-refractivity contribution is 6.18. The number of aryl methyl sites for hydroxylation is 1. The van der Waals surface area contributed by atoms with E-state index in [0.717, 1.165) is 31.6 Å². The monoisotopic (exact) mass is 302 g/mol. The Hall–Kier alpha value is -1.47. The molecule has 2 rings (SSSR count). The smallest absolute Gasteiger partial charge is 0.119 e. The molecule has 0 saturated carbocycles. The van der Waals surface area contributed by atoms with E-state index in [1.54, 1.807) is 0 Å². The van der Waals surface area contributed by atoms with Gasteiger partial charge in [0.05, 0.1) is 6.61 Å². The topological polar surface area (TPSA) is 9.23 Å². The summed E-state index contributed by atoms with van der Waals surface area (Å²) in [5, 5.41) is 0. The summed E-state index contributed by atoms with van der Waals surface area (Å²) in [4.78, 5) is 0. The summed E-state index contributed by atoms with van der Waals surface area (Å²) in [6.45, 7) is 2.89. The Morgan fingerprint density at radius 3 is 2.57 bits per heavy atom. The number of alkyl halides is 1. The number of hydrogen-bond acceptors (Lipinski definition) is 1. The van der Waals surface area contributed by atoms with Crippen molar-refractivity contribution >= 4 is 11.6 Å². The van der Waals surface area contributed by atoms with Gasteiger partial charge in [0.25, 0.3) is 0 Å². The molecule has 0 radical (unpaired) electrons. The molecule has 0 aliphatic heterocycles. The Labute approximate surface area is 132 Å². The van der Waals surface area contributed by atoms with Crippen molar-refractivity contribution in [3.63, 3.8) is 0 Å². The van der Waals surface area contributed by atoms with E-state index in [1.807, 2.05) is 30.3 Å². The maximum absolute atomic E-state index is 6.11. The molecule has 0 amide bonds. The number of halogens is 1. The third-order valence-corrected chi connectivity index (χ3v) is 4.03. The minimum atomic E-state index is 0.521. The molecule has 0 spiro atoms. The average Bonchev–Trinajstić information content (AvgIpc) is 2.51. The number of para-hydroxylation sites is 1. The minimum absolute atomic E-state index is 0.521. The predicted octanol–water partition coefficient (Wildman–Crippen LogP) is 5.25. The van der Waals surface area contributed by atoms with E-state index in [1.165, 1.54) is 11.1 Å². The first-order valence-electron chi connectivity index (χ1n) is 7.57. The normalized spacial score (nSPS) is 12.1. The van der Waals surface area contributed by atoms with Crippen molar-refractivity contribution in [2.45, 2.75) is 26.2 Å². The van der Waals surface area contributed by atoms with E-state index in [-0.39, 0.29) is 0 Å². The fraction of sp³-hybridized carbons (Fsp3) is 0.368. The van der Waals surface area contributed by atoms with Gasteiger partial charge in [-0.2, -0.15) is 0 Å². The van der Waals surface area contributed by atoms with Gasteiger partial charge in [-0.3, -0.25) is 0 Å². The molecule has 0 heterocycles. The third-order valence-electron chi connectivity index (χ3n) is 3.59. The van der Waals surface area contributed by atoms with Gasteiger partial charge in [0.15, 0.2) is 0 Å². The summed E-state index contributed by atoms with van der Waals surface area (Å²) in [5.41, 5.74) is 2.69. The average molecular weight is 303 g/mol. The summed E-state index contributed by atoms with van der Waals surface area (Å²) in [6, 6.07) is 18.7. The van der Waals surface area contributed by atoms with E-state index in [4.69, 9.17) is 16.3 Å². The molecule has 1 unspecified atom stereocenters. The zero-order chi connectivity index (χ0) is 14.9. The second-order valence-electron chi connectivity index (χ2n) is 5.52. The maximum Gasteiger partial charge on any atom is 0.119 e. The van der Waals surface area contributed by atoms with Crippen molar-refractivity contribution < 1.29 is 4.74 Å². The molecule has 2 aromatic rings. The first kappa shape index (κ1) is 15.9. The summed E-state index contributed by atoms with van der Waals surface area (Å²) in [6.07, 6.45) is 3.19. The van der Waals surface area contributed by atoms with Crippen LogP contribution in [-0.4, -0.2) is 12.5 Å². The highest BCUT2D eigenvalue weighted by Crippen LogP contribution is 2.17. The van der Waals surface area contributed by atoms with Crippen LogP contribution >= 0.6 is 11.6 Å². The fourth-order valence-corrected chi connectivity index (χ4v) is 2.75. The van der Waals surface area contributed by atoms with Crippen LogP contribution in [0.3, 0.4) is 0 Å². The van der Waals surface area contributed by atoms with Crippen molar-refractivity contribution in [1.29, 1.82) is 0 Å². The molecule has 0 aliphatic rings. The second kappa shape index (κ2) is 8.74. The Morgan fingerprint density at radius 1 is 1.05 bits per heavy atom. The van der Waals surface area contributed by atoms with Gasteiger partial charge in [0, 0.05) is 5.88 Å². The van der Waals surface area contributed by atoms with E-state index >= 15 is 0 Å². The standard InChI is InChI=1S/C19H23ClO/c1-16-7-5-8-17(13-16)14-18(15-20)9-6-12-21-19-10-3-2-4-11-19/h2-5,7-8,10-11,13,18H,6,9,12,14-15H2,1H3. The van der Waals surface area contributed by atoms with Crippen LogP contribution in [0.15, 0.2) is 54.6 Å². The predicted molar refractivity (Wildman–Crippen MR) is 90.3 cm³/mol. The Morgan fingerprint density at radius 2 is 1.86 bits per heavy atom. The molecule has 0 N–H and O–H groups in total. The lowest BCUT2D eigenvalue weighted by Crippen LogP contribution is -2.09. The van der Waals surface area contributed by atoms with E-state index in [0.29, 0.717) is 11.8 Å². The van der Waals surface area contributed by atoms with Crippen LogP contribution in [0, 0.1) is 12.8 Å². The molecule has 0 aromatic heterocycles. The van der Waals surface area contributed by atoms with E-state index < -0.39 is 0 Å². The first-order valence-corrected chi connectivity index (χ1v) is 8.10. The van der Waals surface area contributed by atoms with Crippen molar-refractivity contribution in [3.8, 4) is 5.75 Å².